The smallest absolute Gasteiger partial charge is 0.411 e. The molecule has 294 valence electrons. The van der Waals surface area contributed by atoms with E-state index >= 15 is 0 Å². The molecule has 8 rings (SSSR count). The van der Waals surface area contributed by atoms with Crippen molar-refractivity contribution < 1.29 is 35.8 Å². The van der Waals surface area contributed by atoms with Gasteiger partial charge in [-0.15, -0.1) is 0 Å². The molecule has 0 bridgehead atoms. The summed E-state index contributed by atoms with van der Waals surface area (Å²) in [5.41, 5.74) is 3.57. The third-order valence-electron chi connectivity index (χ3n) is 11.5. The zero-order chi connectivity index (χ0) is 40.7. The molecule has 58 heavy (non-hydrogen) atoms. The minimum Gasteiger partial charge on any atom is -0.493 e. The molecule has 6 aromatic rings. The number of hydrogen-bond donors (Lipinski definition) is 0. The molecule has 0 heterocycles. The average Bonchev–Trinajstić information content (AvgIpc) is 3.51. The summed E-state index contributed by atoms with van der Waals surface area (Å²) in [6, 6.07) is 41.9. The van der Waals surface area contributed by atoms with E-state index in [9.17, 15) is 26.3 Å². The Labute approximate surface area is 334 Å². The topological polar surface area (TPSA) is 18.5 Å². The summed E-state index contributed by atoms with van der Waals surface area (Å²) in [5, 5.41) is 0. The number of alkyl halides is 6. The molecule has 0 N–H and O–H groups in total. The molecule has 2 aliphatic carbocycles. The highest BCUT2D eigenvalue weighted by molar-refractivity contribution is 5.86. The van der Waals surface area contributed by atoms with Gasteiger partial charge >= 0.3 is 12.4 Å². The molecule has 8 heteroatoms. The Morgan fingerprint density at radius 1 is 0.534 bits per heavy atom. The summed E-state index contributed by atoms with van der Waals surface area (Å²) >= 11 is 0. The molecule has 0 aliphatic heterocycles. The minimum atomic E-state index is -5.71. The SMILES string of the molecule is CC1=CC=C(Oc2ccc(C(c3ccc(OCCc4ccc(C5(c6ccc(C)cc6)c6ccccc6-c6ccccc65)cc4)cc3)(C(F)(F)F)C(F)(F)F)cc2)CC1. The summed E-state index contributed by atoms with van der Waals surface area (Å²) < 4.78 is 101. The van der Waals surface area contributed by atoms with Crippen LogP contribution in [0.5, 0.6) is 11.5 Å². The van der Waals surface area contributed by atoms with Gasteiger partial charge in [-0.25, -0.2) is 0 Å². The molecule has 0 aromatic heterocycles. The van der Waals surface area contributed by atoms with Crippen LogP contribution in [0.15, 0.2) is 169 Å². The zero-order valence-corrected chi connectivity index (χ0v) is 31.9. The van der Waals surface area contributed by atoms with Crippen LogP contribution in [-0.4, -0.2) is 19.0 Å². The van der Waals surface area contributed by atoms with Gasteiger partial charge in [-0.3, -0.25) is 0 Å². The third-order valence-corrected chi connectivity index (χ3v) is 11.5. The molecule has 0 radical (unpaired) electrons. The summed E-state index contributed by atoms with van der Waals surface area (Å²) in [6.07, 6.45) is -6.01. The van der Waals surface area contributed by atoms with E-state index in [1.165, 1.54) is 27.8 Å². The second-order valence-electron chi connectivity index (χ2n) is 15.0. The molecule has 0 unspecified atom stereocenters. The van der Waals surface area contributed by atoms with Gasteiger partial charge in [-0.05, 0) is 101 Å². The van der Waals surface area contributed by atoms with Crippen LogP contribution < -0.4 is 9.47 Å². The maximum Gasteiger partial charge on any atom is 0.411 e. The largest absolute Gasteiger partial charge is 0.493 e. The van der Waals surface area contributed by atoms with Crippen molar-refractivity contribution in [3.05, 3.63) is 214 Å². The van der Waals surface area contributed by atoms with Crippen LogP contribution >= 0.6 is 0 Å². The number of allylic oxidation sites excluding steroid dienone is 4. The average molecular weight is 787 g/mol. The first kappa shape index (κ1) is 38.8. The number of ether oxygens (including phenoxy) is 2. The lowest BCUT2D eigenvalue weighted by Gasteiger charge is -2.38. The Morgan fingerprint density at radius 3 is 1.53 bits per heavy atom. The van der Waals surface area contributed by atoms with Crippen LogP contribution in [-0.2, 0) is 17.3 Å². The van der Waals surface area contributed by atoms with E-state index in [4.69, 9.17) is 9.47 Å². The van der Waals surface area contributed by atoms with Crippen LogP contribution in [0.3, 0.4) is 0 Å². The lowest BCUT2D eigenvalue weighted by atomic mass is 9.67. The molecule has 2 aliphatic rings. The number of benzene rings is 6. The molecular formula is C50H40F6O2. The fourth-order valence-electron chi connectivity index (χ4n) is 8.55. The van der Waals surface area contributed by atoms with Gasteiger partial charge in [-0.1, -0.05) is 139 Å². The number of aryl methyl sites for hydroxylation is 1. The molecule has 0 spiro atoms. The molecule has 6 aromatic carbocycles. The summed E-state index contributed by atoms with van der Waals surface area (Å²) in [6.45, 7) is 4.19. The fourth-order valence-corrected chi connectivity index (χ4v) is 8.55. The maximum absolute atomic E-state index is 14.9. The van der Waals surface area contributed by atoms with Gasteiger partial charge in [-0.2, -0.15) is 26.3 Å². The van der Waals surface area contributed by atoms with Crippen molar-refractivity contribution in [3.8, 4) is 22.6 Å². The molecular weight excluding hydrogens is 747 g/mol. The van der Waals surface area contributed by atoms with Gasteiger partial charge in [0.2, 0.25) is 5.41 Å². The number of fused-ring (bicyclic) bond motifs is 3. The Balaban J connectivity index is 1.02. The third kappa shape index (κ3) is 6.68. The van der Waals surface area contributed by atoms with Crippen LogP contribution in [0.4, 0.5) is 26.3 Å². The standard InChI is InChI=1S/C50H40F6O2/c1-33-11-17-36(18-12-33)47(45-9-5-3-7-43(45)44-8-4-6-10-46(44)47)37-19-15-35(16-20-37)31-32-57-40-27-21-38(22-28-40)48(49(51,52)53,50(54,55)56)39-23-29-42(30-24-39)58-41-25-13-34(2)14-26-41/h3-13,15-25,27-30H,14,26,31-32H2,1-2H3. The number of hydrogen-bond acceptors (Lipinski definition) is 2. The number of rotatable bonds is 10. The highest BCUT2D eigenvalue weighted by atomic mass is 19.4. The lowest BCUT2D eigenvalue weighted by Crippen LogP contribution is -2.54. The second kappa shape index (κ2) is 15.1. The van der Waals surface area contributed by atoms with E-state index in [0.717, 1.165) is 77.2 Å². The number of halogens is 6. The fraction of sp³-hybridized carbons (Fsp3) is 0.200. The molecule has 0 saturated carbocycles. The highest BCUT2D eigenvalue weighted by Crippen LogP contribution is 2.57. The van der Waals surface area contributed by atoms with Gasteiger partial charge in [0.25, 0.3) is 0 Å². The van der Waals surface area contributed by atoms with Crippen molar-refractivity contribution in [1.29, 1.82) is 0 Å². The van der Waals surface area contributed by atoms with E-state index in [1.54, 1.807) is 6.08 Å². The Kier molecular flexibility index (Phi) is 10.1. The predicted molar refractivity (Wildman–Crippen MR) is 215 cm³/mol. The van der Waals surface area contributed by atoms with E-state index < -0.39 is 34.3 Å². The van der Waals surface area contributed by atoms with Crippen LogP contribution in [0.25, 0.3) is 11.1 Å². The first-order chi connectivity index (χ1) is 27.8. The summed E-state index contributed by atoms with van der Waals surface area (Å²) in [4.78, 5) is 0. The van der Waals surface area contributed by atoms with Crippen molar-refractivity contribution >= 4 is 0 Å². The van der Waals surface area contributed by atoms with Crippen molar-refractivity contribution in [2.75, 3.05) is 6.61 Å². The van der Waals surface area contributed by atoms with Gasteiger partial charge in [0.05, 0.1) is 12.0 Å². The summed E-state index contributed by atoms with van der Waals surface area (Å²) in [5.74, 6) is 0.890. The lowest BCUT2D eigenvalue weighted by molar-refractivity contribution is -0.288. The van der Waals surface area contributed by atoms with Gasteiger partial charge in [0, 0.05) is 12.8 Å². The molecule has 0 atom stereocenters. The van der Waals surface area contributed by atoms with Gasteiger partial charge in [0.15, 0.2) is 0 Å². The normalized spacial score (nSPS) is 14.9. The van der Waals surface area contributed by atoms with Crippen molar-refractivity contribution in [3.63, 3.8) is 0 Å². The van der Waals surface area contributed by atoms with Crippen LogP contribution in [0, 0.1) is 6.92 Å². The van der Waals surface area contributed by atoms with Gasteiger partial charge < -0.3 is 9.47 Å². The van der Waals surface area contributed by atoms with Crippen molar-refractivity contribution in [2.24, 2.45) is 0 Å². The van der Waals surface area contributed by atoms with Crippen LogP contribution in [0.1, 0.15) is 64.3 Å². The maximum atomic E-state index is 14.9. The van der Waals surface area contributed by atoms with Crippen molar-refractivity contribution in [2.45, 2.75) is 56.3 Å². The predicted octanol–water partition coefficient (Wildman–Crippen LogP) is 13.4. The zero-order valence-electron chi connectivity index (χ0n) is 31.9. The van der Waals surface area contributed by atoms with E-state index in [2.05, 4.69) is 91.9 Å². The van der Waals surface area contributed by atoms with Gasteiger partial charge in [0.1, 0.15) is 17.3 Å². The monoisotopic (exact) mass is 786 g/mol. The van der Waals surface area contributed by atoms with E-state index in [-0.39, 0.29) is 18.1 Å². The molecule has 0 amide bonds. The Bertz CT molecular complexity index is 2410. The highest BCUT2D eigenvalue weighted by Gasteiger charge is 2.72. The first-order valence-corrected chi connectivity index (χ1v) is 19.2. The molecule has 2 nitrogen and oxygen atoms in total. The quantitative estimate of drug-likeness (QED) is 0.129. The van der Waals surface area contributed by atoms with E-state index in [0.29, 0.717) is 18.6 Å². The minimum absolute atomic E-state index is 0.152. The van der Waals surface area contributed by atoms with E-state index in [1.807, 2.05) is 25.1 Å². The summed E-state index contributed by atoms with van der Waals surface area (Å²) in [7, 11) is 0. The Hall–Kier alpha value is -6.02. The molecule has 0 saturated heterocycles. The Morgan fingerprint density at radius 2 is 1.03 bits per heavy atom. The van der Waals surface area contributed by atoms with Crippen LogP contribution in [0.2, 0.25) is 0 Å². The molecule has 0 fully saturated rings. The van der Waals surface area contributed by atoms with Crippen molar-refractivity contribution in [1.82, 2.24) is 0 Å². The second-order valence-corrected chi connectivity index (χ2v) is 15.0. The first-order valence-electron chi connectivity index (χ1n) is 19.2.